The summed E-state index contributed by atoms with van der Waals surface area (Å²) in [6.07, 6.45) is 65.3. The number of phosphoric acid groups is 1. The van der Waals surface area contributed by atoms with Gasteiger partial charge in [-0.15, -0.1) is 0 Å². The summed E-state index contributed by atoms with van der Waals surface area (Å²) in [5.41, 5.74) is 0. The second kappa shape index (κ2) is 55.6. The minimum Gasteiger partial charge on any atom is -0.462 e. The van der Waals surface area contributed by atoms with Gasteiger partial charge >= 0.3 is 25.7 Å². The van der Waals surface area contributed by atoms with Crippen LogP contribution in [-0.4, -0.2) is 66.5 Å². The van der Waals surface area contributed by atoms with E-state index in [0.717, 1.165) is 83.5 Å². The van der Waals surface area contributed by atoms with Crippen molar-refractivity contribution in [2.75, 3.05) is 26.4 Å². The normalized spacial score (nSPS) is 14.1. The first kappa shape index (κ1) is 70.4. The molecule has 12 heteroatoms. The van der Waals surface area contributed by atoms with Crippen molar-refractivity contribution in [3.63, 3.8) is 0 Å². The van der Waals surface area contributed by atoms with Crippen molar-refractivity contribution >= 4 is 25.7 Å². The van der Waals surface area contributed by atoms with Crippen molar-refractivity contribution < 1.29 is 52.2 Å². The SMILES string of the molecule is CC/C=C\C/C=C\C/C=C\C/C=C\C/C=C\C/C=C\CCC(=O)OC(COC(=O)CCCCCCCCCCC/C=C\C/C=C\CCCCC)COP(=O)(O)OCC(CO)OC(=O)CCCCCCCCCCC. The molecular weight excluding hydrogens is 952 g/mol. The van der Waals surface area contributed by atoms with E-state index in [1.54, 1.807) is 0 Å². The molecule has 0 aromatic carbocycles. The number of aliphatic hydroxyl groups is 1. The highest BCUT2D eigenvalue weighted by atomic mass is 31.2. The summed E-state index contributed by atoms with van der Waals surface area (Å²) >= 11 is 0. The molecule has 0 fully saturated rings. The minimum absolute atomic E-state index is 0.0389. The Hall–Kier alpha value is -3.60. The second-order valence-corrected chi connectivity index (χ2v) is 20.5. The third kappa shape index (κ3) is 53.2. The second-order valence-electron chi connectivity index (χ2n) is 19.1. The third-order valence-corrected chi connectivity index (χ3v) is 13.0. The first-order valence-electron chi connectivity index (χ1n) is 29.1. The van der Waals surface area contributed by atoms with E-state index in [9.17, 15) is 28.9 Å². The Morgan fingerprint density at radius 1 is 0.392 bits per heavy atom. The lowest BCUT2D eigenvalue weighted by atomic mass is 10.1. The summed E-state index contributed by atoms with van der Waals surface area (Å²) in [6, 6.07) is 0. The lowest BCUT2D eigenvalue weighted by molar-refractivity contribution is -0.161. The zero-order valence-electron chi connectivity index (χ0n) is 46.8. The molecule has 3 atom stereocenters. The molecule has 0 aliphatic heterocycles. The van der Waals surface area contributed by atoms with E-state index >= 15 is 0 Å². The van der Waals surface area contributed by atoms with Crippen molar-refractivity contribution in [2.24, 2.45) is 0 Å². The van der Waals surface area contributed by atoms with Crippen LogP contribution in [0.3, 0.4) is 0 Å². The fourth-order valence-electron chi connectivity index (χ4n) is 7.59. The topological polar surface area (TPSA) is 155 Å². The van der Waals surface area contributed by atoms with Crippen molar-refractivity contribution in [3.05, 3.63) is 97.2 Å². The van der Waals surface area contributed by atoms with Crippen LogP contribution in [0.15, 0.2) is 97.2 Å². The Labute approximate surface area is 451 Å². The molecule has 0 rings (SSSR count). The van der Waals surface area contributed by atoms with Gasteiger partial charge in [0, 0.05) is 19.3 Å². The number of unbranched alkanes of at least 4 members (excludes halogenated alkanes) is 20. The van der Waals surface area contributed by atoms with Crippen LogP contribution < -0.4 is 0 Å². The van der Waals surface area contributed by atoms with Crippen molar-refractivity contribution in [2.45, 2.75) is 251 Å². The number of hydrogen-bond donors (Lipinski definition) is 2. The van der Waals surface area contributed by atoms with Crippen LogP contribution >= 0.6 is 7.82 Å². The molecule has 2 N–H and O–H groups in total. The zero-order chi connectivity index (χ0) is 54.1. The first-order chi connectivity index (χ1) is 36.2. The molecule has 0 aromatic heterocycles. The summed E-state index contributed by atoms with van der Waals surface area (Å²) in [4.78, 5) is 48.4. The average Bonchev–Trinajstić information content (AvgIpc) is 3.39. The number of esters is 3. The minimum atomic E-state index is -4.77. The number of aliphatic hydroxyl groups excluding tert-OH is 1. The number of phosphoric ester groups is 1. The van der Waals surface area contributed by atoms with E-state index in [0.29, 0.717) is 25.7 Å². The smallest absolute Gasteiger partial charge is 0.462 e. The number of rotatable bonds is 53. The fourth-order valence-corrected chi connectivity index (χ4v) is 8.37. The molecule has 0 bridgehead atoms. The van der Waals surface area contributed by atoms with E-state index < -0.39 is 57.8 Å². The van der Waals surface area contributed by atoms with Gasteiger partial charge in [-0.1, -0.05) is 227 Å². The largest absolute Gasteiger partial charge is 0.472 e. The maximum Gasteiger partial charge on any atom is 0.472 e. The van der Waals surface area contributed by atoms with E-state index in [2.05, 4.69) is 106 Å². The Balaban J connectivity index is 4.82. The van der Waals surface area contributed by atoms with Gasteiger partial charge in [-0.3, -0.25) is 23.4 Å². The van der Waals surface area contributed by atoms with E-state index in [4.69, 9.17) is 23.3 Å². The fraction of sp³-hybridized carbons (Fsp3) is 0.694. The molecule has 0 saturated carbocycles. The van der Waals surface area contributed by atoms with Crippen molar-refractivity contribution in [1.82, 2.24) is 0 Å². The van der Waals surface area contributed by atoms with Gasteiger partial charge in [0.05, 0.1) is 19.8 Å². The summed E-state index contributed by atoms with van der Waals surface area (Å²) < 4.78 is 39.4. The predicted molar refractivity (Wildman–Crippen MR) is 307 cm³/mol. The standard InChI is InChI=1S/C62H105O11P/c1-4-7-10-13-16-19-21-23-25-27-29-31-33-35-37-40-42-45-48-51-60(64)69-55-59(57-71-74(67,68)70-56-58(54-63)72-61(65)52-49-46-43-39-18-15-12-9-6-3)73-62(66)53-50-47-44-41-38-36-34-32-30-28-26-24-22-20-17-14-11-8-5-2/h8,11,16-17,19-20,23-26,30,32,36,38,44,47,58-59,63H,4-7,9-10,12-15,18,21-22,27-29,31,33-35,37,39-43,45-46,48-57H2,1-3H3,(H,67,68)/b11-8-,19-16-,20-17-,25-23-,26-24-,32-30-,38-36-,47-44-. The van der Waals surface area contributed by atoms with E-state index in [1.807, 2.05) is 12.2 Å². The van der Waals surface area contributed by atoms with Gasteiger partial charge < -0.3 is 24.2 Å². The van der Waals surface area contributed by atoms with E-state index in [-0.39, 0.29) is 25.9 Å². The molecule has 0 aromatic rings. The maximum absolute atomic E-state index is 12.9. The van der Waals surface area contributed by atoms with Gasteiger partial charge in [-0.2, -0.15) is 0 Å². The Morgan fingerprint density at radius 2 is 0.730 bits per heavy atom. The van der Waals surface area contributed by atoms with Crippen LogP contribution in [0.1, 0.15) is 239 Å². The van der Waals surface area contributed by atoms with Crippen LogP contribution in [0.4, 0.5) is 0 Å². The van der Waals surface area contributed by atoms with E-state index in [1.165, 1.54) is 89.9 Å². The van der Waals surface area contributed by atoms with Gasteiger partial charge in [0.15, 0.2) is 6.10 Å². The van der Waals surface area contributed by atoms with Gasteiger partial charge in [-0.05, 0) is 89.9 Å². The first-order valence-corrected chi connectivity index (χ1v) is 30.6. The van der Waals surface area contributed by atoms with Gasteiger partial charge in [0.25, 0.3) is 0 Å². The Morgan fingerprint density at radius 3 is 1.19 bits per heavy atom. The molecule has 0 radical (unpaired) electrons. The summed E-state index contributed by atoms with van der Waals surface area (Å²) in [6.45, 7) is 4.39. The quantitative estimate of drug-likeness (QED) is 0.0197. The number of hydrogen-bond acceptors (Lipinski definition) is 10. The molecule has 0 saturated heterocycles. The van der Waals surface area contributed by atoms with Crippen LogP contribution in [0.5, 0.6) is 0 Å². The highest BCUT2D eigenvalue weighted by molar-refractivity contribution is 7.47. The molecule has 0 spiro atoms. The third-order valence-electron chi connectivity index (χ3n) is 12.0. The monoisotopic (exact) mass is 1060 g/mol. The summed E-state index contributed by atoms with van der Waals surface area (Å²) in [5.74, 6) is -1.58. The van der Waals surface area contributed by atoms with Crippen LogP contribution in [-0.2, 0) is 42.2 Å². The Bertz CT molecular complexity index is 1610. The predicted octanol–water partition coefficient (Wildman–Crippen LogP) is 17.3. The summed E-state index contributed by atoms with van der Waals surface area (Å²) in [5, 5.41) is 9.77. The molecule has 0 aliphatic carbocycles. The molecule has 11 nitrogen and oxygen atoms in total. The van der Waals surface area contributed by atoms with Crippen LogP contribution in [0.25, 0.3) is 0 Å². The summed E-state index contributed by atoms with van der Waals surface area (Å²) in [7, 11) is -4.77. The van der Waals surface area contributed by atoms with Crippen LogP contribution in [0, 0.1) is 0 Å². The van der Waals surface area contributed by atoms with Crippen molar-refractivity contribution in [1.29, 1.82) is 0 Å². The molecule has 0 aliphatic rings. The molecule has 0 heterocycles. The average molecular weight is 1060 g/mol. The van der Waals surface area contributed by atoms with Gasteiger partial charge in [0.1, 0.15) is 12.7 Å². The van der Waals surface area contributed by atoms with Crippen LogP contribution in [0.2, 0.25) is 0 Å². The number of ether oxygens (including phenoxy) is 3. The van der Waals surface area contributed by atoms with Crippen molar-refractivity contribution in [3.8, 4) is 0 Å². The molecule has 424 valence electrons. The lowest BCUT2D eigenvalue weighted by Gasteiger charge is -2.21. The zero-order valence-corrected chi connectivity index (χ0v) is 47.7. The highest BCUT2D eigenvalue weighted by Crippen LogP contribution is 2.43. The number of carbonyl (C=O) groups excluding carboxylic acids is 3. The molecule has 74 heavy (non-hydrogen) atoms. The molecular formula is C62H105O11P. The number of carbonyl (C=O) groups is 3. The molecule has 0 amide bonds. The Kier molecular flexibility index (Phi) is 52.9. The lowest BCUT2D eigenvalue weighted by Crippen LogP contribution is -2.30. The highest BCUT2D eigenvalue weighted by Gasteiger charge is 2.28. The van der Waals surface area contributed by atoms with Gasteiger partial charge in [-0.25, -0.2) is 4.57 Å². The number of allylic oxidation sites excluding steroid dienone is 16. The molecule has 3 unspecified atom stereocenters. The van der Waals surface area contributed by atoms with Gasteiger partial charge in [0.2, 0.25) is 0 Å². The maximum atomic E-state index is 12.9.